The van der Waals surface area contributed by atoms with Crippen LogP contribution in [0.5, 0.6) is 5.75 Å². The fraction of sp³-hybridized carbons (Fsp3) is 0.200. The van der Waals surface area contributed by atoms with Gasteiger partial charge in [-0.1, -0.05) is 6.92 Å². The molecule has 0 atom stereocenters. The minimum Gasteiger partial charge on any atom is -0.544 e. The molecule has 0 spiro atoms. The molecule has 0 aliphatic carbocycles. The van der Waals surface area contributed by atoms with Crippen LogP contribution in [0.3, 0.4) is 0 Å². The van der Waals surface area contributed by atoms with Crippen LogP contribution in [0.1, 0.15) is 28.6 Å². The van der Waals surface area contributed by atoms with E-state index in [-0.39, 0.29) is 34.4 Å². The number of hydrogen-bond donors (Lipinski definition) is 0. The minimum atomic E-state index is -1.19. The normalized spacial score (nSPS) is 9.52. The van der Waals surface area contributed by atoms with Crippen molar-refractivity contribution in [1.29, 1.82) is 5.26 Å². The van der Waals surface area contributed by atoms with Crippen LogP contribution in [-0.2, 0) is 0 Å². The second kappa shape index (κ2) is 8.20. The first-order chi connectivity index (χ1) is 9.65. The van der Waals surface area contributed by atoms with E-state index in [2.05, 4.69) is 6.07 Å². The van der Waals surface area contributed by atoms with Gasteiger partial charge in [0, 0.05) is 4.88 Å². The summed E-state index contributed by atoms with van der Waals surface area (Å²) in [6, 6.07) is 10.6. The smallest absolute Gasteiger partial charge is 0.544 e. The maximum atomic E-state index is 10.8. The quantitative estimate of drug-likeness (QED) is 0.694. The van der Waals surface area contributed by atoms with Gasteiger partial charge in [-0.05, 0) is 42.3 Å². The predicted molar refractivity (Wildman–Crippen MR) is 74.6 cm³/mol. The number of carbonyl (C=O) groups is 1. The van der Waals surface area contributed by atoms with Gasteiger partial charge in [0.2, 0.25) is 0 Å². The molecule has 0 saturated heterocycles. The largest absolute Gasteiger partial charge is 1.00 e. The summed E-state index contributed by atoms with van der Waals surface area (Å²) in [6.45, 7) is 2.55. The fourth-order valence-corrected chi connectivity index (χ4v) is 2.55. The number of rotatable bonds is 5. The molecule has 0 saturated carbocycles. The number of carboxylic acid groups (broad SMARTS) is 1. The first kappa shape index (κ1) is 17.7. The molecule has 0 bridgehead atoms. The number of carboxylic acids is 1. The van der Waals surface area contributed by atoms with Crippen LogP contribution in [0.25, 0.3) is 10.4 Å². The molecule has 1 aromatic carbocycles. The first-order valence-corrected chi connectivity index (χ1v) is 6.96. The van der Waals surface area contributed by atoms with E-state index in [9.17, 15) is 9.90 Å². The van der Waals surface area contributed by atoms with Gasteiger partial charge < -0.3 is 14.6 Å². The van der Waals surface area contributed by atoms with E-state index in [1.165, 1.54) is 6.07 Å². The molecule has 102 valence electrons. The number of nitriles is 1. The zero-order valence-corrected chi connectivity index (χ0v) is 14.7. The molecule has 0 unspecified atom stereocenters. The van der Waals surface area contributed by atoms with Crippen molar-refractivity contribution in [2.45, 2.75) is 13.3 Å². The SMILES string of the molecule is CCCOc1ccc(-c2ccc(C(=O)[O-])s2)cc1C#N.[Na+]. The maximum absolute atomic E-state index is 10.8. The van der Waals surface area contributed by atoms with Crippen molar-refractivity contribution in [3.8, 4) is 22.3 Å². The summed E-state index contributed by atoms with van der Waals surface area (Å²) in [5, 5.41) is 19.9. The second-order valence-electron chi connectivity index (χ2n) is 4.12. The van der Waals surface area contributed by atoms with Crippen molar-refractivity contribution in [3.63, 3.8) is 0 Å². The van der Waals surface area contributed by atoms with Crippen molar-refractivity contribution >= 4 is 17.3 Å². The Hall–Kier alpha value is -1.32. The molecule has 0 fully saturated rings. The average molecular weight is 309 g/mol. The van der Waals surface area contributed by atoms with Gasteiger partial charge in [0.05, 0.1) is 23.0 Å². The Balaban J connectivity index is 0.00000220. The molecule has 21 heavy (non-hydrogen) atoms. The van der Waals surface area contributed by atoms with Crippen molar-refractivity contribution in [2.24, 2.45) is 0 Å². The number of benzene rings is 1. The van der Waals surface area contributed by atoms with E-state index in [1.807, 2.05) is 13.0 Å². The van der Waals surface area contributed by atoms with Crippen LogP contribution in [0.15, 0.2) is 30.3 Å². The third-order valence-electron chi connectivity index (χ3n) is 2.65. The Morgan fingerprint density at radius 2 is 2.14 bits per heavy atom. The summed E-state index contributed by atoms with van der Waals surface area (Å²) in [7, 11) is 0. The Bertz CT molecular complexity index is 676. The molecule has 6 heteroatoms. The third kappa shape index (κ3) is 4.32. The summed E-state index contributed by atoms with van der Waals surface area (Å²) in [6.07, 6.45) is 0.868. The van der Waals surface area contributed by atoms with E-state index >= 15 is 0 Å². The number of aromatic carboxylic acids is 1. The first-order valence-electron chi connectivity index (χ1n) is 6.14. The van der Waals surface area contributed by atoms with Gasteiger partial charge in [-0.15, -0.1) is 11.3 Å². The number of nitrogens with zero attached hydrogens (tertiary/aromatic N) is 1. The molecule has 0 radical (unpaired) electrons. The van der Waals surface area contributed by atoms with Crippen LogP contribution >= 0.6 is 11.3 Å². The van der Waals surface area contributed by atoms with E-state index in [4.69, 9.17) is 10.00 Å². The van der Waals surface area contributed by atoms with Crippen LogP contribution in [-0.4, -0.2) is 12.6 Å². The third-order valence-corrected chi connectivity index (χ3v) is 3.77. The van der Waals surface area contributed by atoms with Crippen LogP contribution < -0.4 is 39.4 Å². The van der Waals surface area contributed by atoms with Crippen LogP contribution in [0.2, 0.25) is 0 Å². The molecule has 0 N–H and O–H groups in total. The summed E-state index contributed by atoms with van der Waals surface area (Å²) < 4.78 is 5.49. The van der Waals surface area contributed by atoms with Crippen molar-refractivity contribution in [1.82, 2.24) is 0 Å². The molecule has 0 aliphatic heterocycles. The summed E-state index contributed by atoms with van der Waals surface area (Å²) in [5.74, 6) is -0.639. The Labute approximate surface area is 149 Å². The van der Waals surface area contributed by atoms with Gasteiger partial charge in [-0.2, -0.15) is 5.26 Å². The van der Waals surface area contributed by atoms with Gasteiger partial charge in [0.1, 0.15) is 11.8 Å². The predicted octanol–water partition coefficient (Wildman–Crippen LogP) is -0.557. The zero-order valence-electron chi connectivity index (χ0n) is 11.9. The van der Waals surface area contributed by atoms with Crippen LogP contribution in [0, 0.1) is 11.3 Å². The molecular weight excluding hydrogens is 297 g/mol. The molecular formula is C15H12NNaO3S. The van der Waals surface area contributed by atoms with Gasteiger partial charge in [-0.25, -0.2) is 0 Å². The Morgan fingerprint density at radius 3 is 2.71 bits per heavy atom. The standard InChI is InChI=1S/C15H13NO3S.Na/c1-2-7-19-12-4-3-10(8-11(12)9-16)13-5-6-14(20-13)15(17)18;/h3-6,8H,2,7H2,1H3,(H,17,18);/q;+1/p-1. The van der Waals surface area contributed by atoms with Gasteiger partial charge in [0.15, 0.2) is 0 Å². The summed E-state index contributed by atoms with van der Waals surface area (Å²) >= 11 is 1.12. The molecule has 4 nitrogen and oxygen atoms in total. The van der Waals surface area contributed by atoms with Gasteiger partial charge >= 0.3 is 29.6 Å². The molecule has 2 aromatic rings. The number of carbonyl (C=O) groups excluding carboxylic acids is 1. The summed E-state index contributed by atoms with van der Waals surface area (Å²) in [4.78, 5) is 11.7. The molecule has 0 aliphatic rings. The number of thiophene rings is 1. The molecule has 1 heterocycles. The summed E-state index contributed by atoms with van der Waals surface area (Å²) in [5.41, 5.74) is 1.24. The van der Waals surface area contributed by atoms with Crippen molar-refractivity contribution in [2.75, 3.05) is 6.61 Å². The van der Waals surface area contributed by atoms with E-state index in [0.29, 0.717) is 17.9 Å². The van der Waals surface area contributed by atoms with E-state index in [0.717, 1.165) is 28.2 Å². The van der Waals surface area contributed by atoms with E-state index < -0.39 is 5.97 Å². The molecule has 1 aromatic heterocycles. The van der Waals surface area contributed by atoms with Crippen LogP contribution in [0.4, 0.5) is 0 Å². The maximum Gasteiger partial charge on any atom is 1.00 e. The van der Waals surface area contributed by atoms with E-state index in [1.54, 1.807) is 18.2 Å². The second-order valence-corrected chi connectivity index (χ2v) is 5.21. The van der Waals surface area contributed by atoms with Gasteiger partial charge in [0.25, 0.3) is 0 Å². The Kier molecular flexibility index (Phi) is 6.93. The number of ether oxygens (including phenoxy) is 1. The monoisotopic (exact) mass is 309 g/mol. The Morgan fingerprint density at radius 1 is 1.38 bits per heavy atom. The molecule has 2 rings (SSSR count). The van der Waals surface area contributed by atoms with Crippen molar-refractivity contribution in [3.05, 3.63) is 40.8 Å². The fourth-order valence-electron chi connectivity index (χ4n) is 1.71. The topological polar surface area (TPSA) is 73.2 Å². The molecule has 0 amide bonds. The van der Waals surface area contributed by atoms with Gasteiger partial charge in [-0.3, -0.25) is 0 Å². The zero-order chi connectivity index (χ0) is 14.5. The minimum absolute atomic E-state index is 0. The number of hydrogen-bond acceptors (Lipinski definition) is 5. The van der Waals surface area contributed by atoms with Crippen molar-refractivity contribution < 1.29 is 44.2 Å². The average Bonchev–Trinajstić information content (AvgIpc) is 2.95.